The number of methoxy groups -OCH3 is 1. The average Bonchev–Trinajstić information content (AvgIpc) is 3.29. The van der Waals surface area contributed by atoms with E-state index in [4.69, 9.17) is 4.74 Å². The molecule has 0 saturated carbocycles. The molecule has 0 bridgehead atoms. The summed E-state index contributed by atoms with van der Waals surface area (Å²) in [4.78, 5) is 2.35. The van der Waals surface area contributed by atoms with E-state index in [0.717, 1.165) is 50.1 Å². The molecule has 1 aromatic rings. The predicted molar refractivity (Wildman–Crippen MR) is 94.3 cm³/mol. The maximum atomic E-state index is 12.5. The van der Waals surface area contributed by atoms with E-state index in [0.29, 0.717) is 19.6 Å². The average molecular weight is 353 g/mol. The monoisotopic (exact) mass is 353 g/mol. The van der Waals surface area contributed by atoms with E-state index in [1.807, 2.05) is 24.3 Å². The molecular weight excluding hydrogens is 326 g/mol. The van der Waals surface area contributed by atoms with Crippen LogP contribution in [0.4, 0.5) is 0 Å². The molecule has 2 fully saturated rings. The van der Waals surface area contributed by atoms with Gasteiger partial charge in [-0.3, -0.25) is 4.90 Å². The molecule has 134 valence electrons. The van der Waals surface area contributed by atoms with E-state index in [1.54, 1.807) is 11.4 Å². The molecule has 2 aliphatic rings. The van der Waals surface area contributed by atoms with Crippen LogP contribution in [0.5, 0.6) is 5.75 Å². The van der Waals surface area contributed by atoms with Gasteiger partial charge in [-0.25, -0.2) is 4.72 Å². The third-order valence-electron chi connectivity index (χ3n) is 4.94. The molecule has 1 aromatic carbocycles. The number of rotatable bonds is 7. The van der Waals surface area contributed by atoms with Crippen LogP contribution in [0.15, 0.2) is 24.3 Å². The van der Waals surface area contributed by atoms with Crippen LogP contribution in [0.1, 0.15) is 37.3 Å². The first-order chi connectivity index (χ1) is 11.6. The Morgan fingerprint density at radius 3 is 2.38 bits per heavy atom. The first-order valence-electron chi connectivity index (χ1n) is 8.73. The fraction of sp³-hybridized carbons (Fsp3) is 0.647. The molecular formula is C17H27N3O3S. The summed E-state index contributed by atoms with van der Waals surface area (Å²) in [5, 5.41) is 0. The fourth-order valence-electron chi connectivity index (χ4n) is 3.63. The largest absolute Gasteiger partial charge is 0.496 e. The molecule has 7 heteroatoms. The summed E-state index contributed by atoms with van der Waals surface area (Å²) < 4.78 is 34.9. The Kier molecular flexibility index (Phi) is 5.76. The van der Waals surface area contributed by atoms with Gasteiger partial charge in [0.1, 0.15) is 5.75 Å². The van der Waals surface area contributed by atoms with E-state index in [1.165, 1.54) is 0 Å². The summed E-state index contributed by atoms with van der Waals surface area (Å²) in [6.45, 7) is 3.61. The molecule has 0 aliphatic carbocycles. The van der Waals surface area contributed by atoms with Crippen molar-refractivity contribution in [2.24, 2.45) is 0 Å². The topological polar surface area (TPSA) is 61.9 Å². The van der Waals surface area contributed by atoms with E-state index in [-0.39, 0.29) is 6.04 Å². The number of nitrogens with one attached hydrogen (secondary N) is 1. The molecule has 1 unspecified atom stereocenters. The maximum Gasteiger partial charge on any atom is 0.279 e. The highest BCUT2D eigenvalue weighted by molar-refractivity contribution is 7.87. The minimum Gasteiger partial charge on any atom is -0.496 e. The van der Waals surface area contributed by atoms with Crippen molar-refractivity contribution in [2.75, 3.05) is 39.8 Å². The minimum absolute atomic E-state index is 0.000952. The maximum absolute atomic E-state index is 12.5. The highest BCUT2D eigenvalue weighted by Gasteiger charge is 2.30. The summed E-state index contributed by atoms with van der Waals surface area (Å²) in [7, 11) is -1.74. The van der Waals surface area contributed by atoms with Crippen LogP contribution in [-0.2, 0) is 10.2 Å². The van der Waals surface area contributed by atoms with Gasteiger partial charge >= 0.3 is 0 Å². The number of nitrogens with zero attached hydrogens (tertiary/aromatic N) is 2. The molecule has 0 spiro atoms. The number of benzene rings is 1. The molecule has 6 nitrogen and oxygen atoms in total. The Hall–Kier alpha value is -1.15. The first-order valence-corrected chi connectivity index (χ1v) is 10.2. The third kappa shape index (κ3) is 3.91. The van der Waals surface area contributed by atoms with E-state index < -0.39 is 10.2 Å². The Bertz CT molecular complexity index is 638. The van der Waals surface area contributed by atoms with E-state index >= 15 is 0 Å². The summed E-state index contributed by atoms with van der Waals surface area (Å²) in [5.41, 5.74) is 1.05. The molecule has 2 saturated heterocycles. The highest BCUT2D eigenvalue weighted by atomic mass is 32.2. The second-order valence-corrected chi connectivity index (χ2v) is 8.22. The van der Waals surface area contributed by atoms with Crippen molar-refractivity contribution in [3.05, 3.63) is 29.8 Å². The van der Waals surface area contributed by atoms with Crippen molar-refractivity contribution in [3.63, 3.8) is 0 Å². The van der Waals surface area contributed by atoms with Crippen LogP contribution >= 0.6 is 0 Å². The van der Waals surface area contributed by atoms with Crippen molar-refractivity contribution < 1.29 is 13.2 Å². The van der Waals surface area contributed by atoms with Crippen molar-refractivity contribution in [2.45, 2.75) is 31.7 Å². The summed E-state index contributed by atoms with van der Waals surface area (Å²) >= 11 is 0. The van der Waals surface area contributed by atoms with Gasteiger partial charge in [-0.1, -0.05) is 18.2 Å². The second-order valence-electron chi connectivity index (χ2n) is 6.46. The zero-order valence-electron chi connectivity index (χ0n) is 14.3. The van der Waals surface area contributed by atoms with Gasteiger partial charge in [-0.05, 0) is 44.8 Å². The Morgan fingerprint density at radius 2 is 1.71 bits per heavy atom. The lowest BCUT2D eigenvalue weighted by Crippen LogP contribution is -2.43. The van der Waals surface area contributed by atoms with Crippen molar-refractivity contribution >= 4 is 10.2 Å². The fourth-order valence-corrected chi connectivity index (χ4v) is 4.92. The third-order valence-corrected chi connectivity index (χ3v) is 6.52. The Balaban J connectivity index is 1.78. The zero-order valence-corrected chi connectivity index (χ0v) is 15.1. The van der Waals surface area contributed by atoms with Gasteiger partial charge in [-0.2, -0.15) is 12.7 Å². The second kappa shape index (κ2) is 7.82. The standard InChI is InChI=1S/C17H27N3O3S/c1-23-17-9-3-2-8-15(17)16(19-10-4-5-11-19)14-18-24(21,22)20-12-6-7-13-20/h2-3,8-9,16,18H,4-7,10-14H2,1H3. The smallest absolute Gasteiger partial charge is 0.279 e. The lowest BCUT2D eigenvalue weighted by atomic mass is 10.0. The lowest BCUT2D eigenvalue weighted by Gasteiger charge is -2.30. The van der Waals surface area contributed by atoms with Gasteiger partial charge < -0.3 is 4.74 Å². The predicted octanol–water partition coefficient (Wildman–Crippen LogP) is 1.76. The molecule has 2 heterocycles. The van der Waals surface area contributed by atoms with Crippen LogP contribution in [0.2, 0.25) is 0 Å². The van der Waals surface area contributed by atoms with Crippen LogP contribution in [0.25, 0.3) is 0 Å². The SMILES string of the molecule is COc1ccccc1C(CNS(=O)(=O)N1CCCC1)N1CCCC1. The van der Waals surface area contributed by atoms with Gasteiger partial charge in [0.2, 0.25) is 0 Å². The molecule has 24 heavy (non-hydrogen) atoms. The van der Waals surface area contributed by atoms with Crippen LogP contribution in [0.3, 0.4) is 0 Å². The zero-order chi connectivity index (χ0) is 17.0. The molecule has 2 aliphatic heterocycles. The number of hydrogen-bond donors (Lipinski definition) is 1. The van der Waals surface area contributed by atoms with Gasteiger partial charge in [0.25, 0.3) is 10.2 Å². The molecule has 0 radical (unpaired) electrons. The van der Waals surface area contributed by atoms with E-state index in [2.05, 4.69) is 9.62 Å². The number of ether oxygens (including phenoxy) is 1. The number of para-hydroxylation sites is 1. The summed E-state index contributed by atoms with van der Waals surface area (Å²) in [6, 6.07) is 7.90. The van der Waals surface area contributed by atoms with E-state index in [9.17, 15) is 8.42 Å². The number of hydrogen-bond acceptors (Lipinski definition) is 4. The lowest BCUT2D eigenvalue weighted by molar-refractivity contribution is 0.239. The Morgan fingerprint density at radius 1 is 1.08 bits per heavy atom. The first kappa shape index (κ1) is 17.7. The van der Waals surface area contributed by atoms with Crippen LogP contribution in [-0.4, -0.2) is 57.5 Å². The van der Waals surface area contributed by atoms with Crippen LogP contribution in [0, 0.1) is 0 Å². The molecule has 1 atom stereocenters. The van der Waals surface area contributed by atoms with Crippen molar-refractivity contribution in [1.82, 2.24) is 13.9 Å². The van der Waals surface area contributed by atoms with Gasteiger partial charge in [0.15, 0.2) is 0 Å². The van der Waals surface area contributed by atoms with Gasteiger partial charge in [-0.15, -0.1) is 0 Å². The summed E-state index contributed by atoms with van der Waals surface area (Å²) in [6.07, 6.45) is 4.21. The molecule has 0 aromatic heterocycles. The van der Waals surface area contributed by atoms with Gasteiger partial charge in [0.05, 0.1) is 13.2 Å². The molecule has 3 rings (SSSR count). The Labute approximate surface area is 145 Å². The summed E-state index contributed by atoms with van der Waals surface area (Å²) in [5.74, 6) is 0.815. The number of likely N-dealkylation sites (tertiary alicyclic amines) is 1. The quantitative estimate of drug-likeness (QED) is 0.811. The normalized spacial score (nSPS) is 21.2. The molecule has 1 N–H and O–H groups in total. The highest BCUT2D eigenvalue weighted by Crippen LogP contribution is 2.31. The van der Waals surface area contributed by atoms with Crippen LogP contribution < -0.4 is 9.46 Å². The van der Waals surface area contributed by atoms with Crippen molar-refractivity contribution in [1.29, 1.82) is 0 Å². The minimum atomic E-state index is -3.40. The van der Waals surface area contributed by atoms with Crippen molar-refractivity contribution in [3.8, 4) is 5.75 Å². The van der Waals surface area contributed by atoms with Gasteiger partial charge in [0, 0.05) is 25.2 Å². The molecule has 0 amide bonds.